The summed E-state index contributed by atoms with van der Waals surface area (Å²) < 4.78 is 22.4. The van der Waals surface area contributed by atoms with Crippen LogP contribution in [0.4, 0.5) is 10.5 Å². The number of hydrogen-bond donors (Lipinski definition) is 5. The lowest BCUT2D eigenvalue weighted by Crippen LogP contribution is -2.57. The highest BCUT2D eigenvalue weighted by Crippen LogP contribution is 2.37. The minimum atomic E-state index is -1.27. The zero-order valence-corrected chi connectivity index (χ0v) is 31.4. The zero-order valence-electron chi connectivity index (χ0n) is 31.4. The minimum Gasteiger partial charge on any atom is -0.493 e. The third-order valence-corrected chi connectivity index (χ3v) is 7.79. The van der Waals surface area contributed by atoms with Crippen LogP contribution in [-0.2, 0) is 36.9 Å². The number of benzene rings is 3. The highest BCUT2D eigenvalue weighted by Gasteiger charge is 2.30. The van der Waals surface area contributed by atoms with Gasteiger partial charge in [0, 0.05) is 19.9 Å². The molecule has 0 heterocycles. The van der Waals surface area contributed by atoms with Crippen molar-refractivity contribution in [2.24, 2.45) is 0 Å². The van der Waals surface area contributed by atoms with E-state index in [9.17, 15) is 29.3 Å². The number of ether oxygens (including phenoxy) is 4. The van der Waals surface area contributed by atoms with E-state index in [0.717, 1.165) is 11.1 Å². The molecule has 0 aromatic heterocycles. The standard InChI is InChI=1S/C38H50N6O10/c1-25(28-21-32(51-6)33(22-31(28)44(49)50)53-19-13-18-34(45)39-5)42-43-36(47)30(24-52-23-27-16-11-8-12-17-27)40-35(46)29(20-26-14-9-7-10-15-26)41-37(48)54-38(2,3)4/h7-12,14-17,21-22,25,29-30,42H,13,18-20,23-24H2,1-6H3,(H,39,45)(H,40,46)(H,41,48)(H,43,47)/t25?,29-,30-/m0/s1. The first-order valence-corrected chi connectivity index (χ1v) is 17.4. The zero-order chi connectivity index (χ0) is 39.7. The Bertz CT molecular complexity index is 1700. The number of hydrogen-bond acceptors (Lipinski definition) is 11. The van der Waals surface area contributed by atoms with Crippen LogP contribution in [0.3, 0.4) is 0 Å². The summed E-state index contributed by atoms with van der Waals surface area (Å²) in [5.74, 6) is -1.23. The first-order valence-electron chi connectivity index (χ1n) is 17.4. The predicted octanol–water partition coefficient (Wildman–Crippen LogP) is 4.03. The Labute approximate surface area is 314 Å². The molecule has 0 spiro atoms. The van der Waals surface area contributed by atoms with E-state index in [-0.39, 0.29) is 61.3 Å². The lowest BCUT2D eigenvalue weighted by Gasteiger charge is -2.26. The summed E-state index contributed by atoms with van der Waals surface area (Å²) in [6.07, 6.45) is -0.127. The molecule has 3 atom stereocenters. The van der Waals surface area contributed by atoms with Gasteiger partial charge in [0.15, 0.2) is 11.5 Å². The number of nitro groups is 1. The Balaban J connectivity index is 1.80. The summed E-state index contributed by atoms with van der Waals surface area (Å²) in [5, 5.41) is 19.9. The van der Waals surface area contributed by atoms with Crippen molar-refractivity contribution in [3.8, 4) is 11.5 Å². The van der Waals surface area contributed by atoms with E-state index in [4.69, 9.17) is 18.9 Å². The molecule has 4 amide bonds. The highest BCUT2D eigenvalue weighted by atomic mass is 16.6. The smallest absolute Gasteiger partial charge is 0.408 e. The Morgan fingerprint density at radius 1 is 0.870 bits per heavy atom. The van der Waals surface area contributed by atoms with Crippen LogP contribution in [0.2, 0.25) is 0 Å². The van der Waals surface area contributed by atoms with E-state index in [0.29, 0.717) is 6.42 Å². The molecule has 0 aliphatic heterocycles. The molecule has 3 aromatic carbocycles. The quantitative estimate of drug-likeness (QED) is 0.0633. The van der Waals surface area contributed by atoms with E-state index in [1.165, 1.54) is 26.3 Å². The maximum atomic E-state index is 13.8. The molecule has 3 aromatic rings. The van der Waals surface area contributed by atoms with Crippen LogP contribution >= 0.6 is 0 Å². The molecule has 0 saturated carbocycles. The van der Waals surface area contributed by atoms with E-state index in [1.54, 1.807) is 52.0 Å². The molecule has 0 bridgehead atoms. The van der Waals surface area contributed by atoms with Crippen LogP contribution in [0.5, 0.6) is 11.5 Å². The Hall–Kier alpha value is -5.74. The van der Waals surface area contributed by atoms with Crippen molar-refractivity contribution in [3.63, 3.8) is 0 Å². The van der Waals surface area contributed by atoms with E-state index in [2.05, 4.69) is 26.8 Å². The minimum absolute atomic E-state index is 0.0969. The third-order valence-electron chi connectivity index (χ3n) is 7.79. The molecule has 54 heavy (non-hydrogen) atoms. The molecule has 0 saturated heterocycles. The number of nitrogens with one attached hydrogen (secondary N) is 5. The fourth-order valence-corrected chi connectivity index (χ4v) is 5.06. The molecule has 3 rings (SSSR count). The highest BCUT2D eigenvalue weighted by molar-refractivity contribution is 5.91. The predicted molar refractivity (Wildman–Crippen MR) is 199 cm³/mol. The Kier molecular flexibility index (Phi) is 16.7. The van der Waals surface area contributed by atoms with Crippen LogP contribution in [0, 0.1) is 10.1 Å². The summed E-state index contributed by atoms with van der Waals surface area (Å²) in [5.41, 5.74) is 5.95. The van der Waals surface area contributed by atoms with Crippen molar-refractivity contribution >= 4 is 29.5 Å². The van der Waals surface area contributed by atoms with Gasteiger partial charge in [-0.05, 0) is 51.3 Å². The average Bonchev–Trinajstić information content (AvgIpc) is 3.14. The van der Waals surface area contributed by atoms with Gasteiger partial charge in [0.25, 0.3) is 11.6 Å². The van der Waals surface area contributed by atoms with E-state index < -0.39 is 46.6 Å². The largest absolute Gasteiger partial charge is 0.493 e. The van der Waals surface area contributed by atoms with Crippen LogP contribution in [-0.4, -0.2) is 73.8 Å². The van der Waals surface area contributed by atoms with Gasteiger partial charge in [0.05, 0.1) is 49.5 Å². The number of carbonyl (C=O) groups excluding carboxylic acids is 4. The lowest BCUT2D eigenvalue weighted by atomic mass is 10.0. The van der Waals surface area contributed by atoms with Gasteiger partial charge in [-0.2, -0.15) is 0 Å². The van der Waals surface area contributed by atoms with E-state index in [1.807, 2.05) is 36.4 Å². The van der Waals surface area contributed by atoms with Gasteiger partial charge in [-0.25, -0.2) is 10.2 Å². The van der Waals surface area contributed by atoms with Crippen LogP contribution < -0.4 is 36.3 Å². The summed E-state index contributed by atoms with van der Waals surface area (Å²) in [7, 11) is 2.91. The second-order valence-electron chi connectivity index (χ2n) is 13.2. The van der Waals surface area contributed by atoms with Crippen molar-refractivity contribution in [2.45, 2.75) is 77.3 Å². The fourth-order valence-electron chi connectivity index (χ4n) is 5.06. The SMILES string of the molecule is CNC(=O)CCCOc1cc([N+](=O)[O-])c(C(C)NNC(=O)[C@H](COCc2ccccc2)NC(=O)[C@H](Cc2ccccc2)NC(=O)OC(C)(C)C)cc1OC. The maximum Gasteiger partial charge on any atom is 0.408 e. The van der Waals surface area contributed by atoms with Crippen LogP contribution in [0.1, 0.15) is 63.3 Å². The molecule has 0 aliphatic carbocycles. The van der Waals surface area contributed by atoms with Crippen LogP contribution in [0.25, 0.3) is 0 Å². The average molecular weight is 751 g/mol. The molecule has 0 fully saturated rings. The summed E-state index contributed by atoms with van der Waals surface area (Å²) >= 11 is 0. The van der Waals surface area contributed by atoms with Crippen LogP contribution in [0.15, 0.2) is 72.8 Å². The first kappa shape index (κ1) is 42.7. The van der Waals surface area contributed by atoms with Gasteiger partial charge in [0.2, 0.25) is 11.8 Å². The van der Waals surface area contributed by atoms with Gasteiger partial charge in [-0.15, -0.1) is 0 Å². The summed E-state index contributed by atoms with van der Waals surface area (Å²) in [6, 6.07) is 17.7. The lowest BCUT2D eigenvalue weighted by molar-refractivity contribution is -0.385. The van der Waals surface area contributed by atoms with Crippen molar-refractivity contribution in [1.29, 1.82) is 0 Å². The molecule has 1 unspecified atom stereocenters. The topological polar surface area (TPSA) is 208 Å². The molecular weight excluding hydrogens is 700 g/mol. The van der Waals surface area contributed by atoms with Crippen molar-refractivity contribution in [2.75, 3.05) is 27.4 Å². The Morgan fingerprint density at radius 2 is 1.52 bits per heavy atom. The fraction of sp³-hybridized carbons (Fsp3) is 0.421. The molecule has 0 radical (unpaired) electrons. The van der Waals surface area contributed by atoms with Crippen molar-refractivity contribution in [1.82, 2.24) is 26.8 Å². The Morgan fingerprint density at radius 3 is 2.11 bits per heavy atom. The normalized spacial score (nSPS) is 12.7. The molecular formula is C38H50N6O10. The molecule has 0 aliphatic rings. The van der Waals surface area contributed by atoms with Gasteiger partial charge in [-0.1, -0.05) is 60.7 Å². The number of rotatable bonds is 20. The summed E-state index contributed by atoms with van der Waals surface area (Å²) in [6.45, 7) is 6.67. The number of carbonyl (C=O) groups is 4. The number of amides is 4. The number of hydrazine groups is 1. The third kappa shape index (κ3) is 14.4. The molecule has 16 nitrogen and oxygen atoms in total. The van der Waals surface area contributed by atoms with E-state index >= 15 is 0 Å². The van der Waals surface area contributed by atoms with Gasteiger partial charge in [0.1, 0.15) is 17.7 Å². The maximum absolute atomic E-state index is 13.8. The number of methoxy groups -OCH3 is 1. The van der Waals surface area contributed by atoms with Gasteiger partial charge < -0.3 is 34.9 Å². The van der Waals surface area contributed by atoms with Crippen molar-refractivity contribution < 1.29 is 43.0 Å². The second kappa shape index (κ2) is 21.1. The number of nitro benzene ring substituents is 1. The monoisotopic (exact) mass is 750 g/mol. The summed E-state index contributed by atoms with van der Waals surface area (Å²) in [4.78, 5) is 63.3. The number of nitrogens with zero attached hydrogens (tertiary/aromatic N) is 1. The first-order chi connectivity index (χ1) is 25.7. The molecule has 16 heteroatoms. The van der Waals surface area contributed by atoms with Crippen molar-refractivity contribution in [3.05, 3.63) is 99.6 Å². The van der Waals surface area contributed by atoms with Gasteiger partial charge in [-0.3, -0.25) is 29.9 Å². The molecule has 5 N–H and O–H groups in total. The molecule has 292 valence electrons. The second-order valence-corrected chi connectivity index (χ2v) is 13.2. The van der Waals surface area contributed by atoms with Gasteiger partial charge >= 0.3 is 6.09 Å². The number of alkyl carbamates (subject to hydrolysis) is 1.